The molecular weight excluding hydrogens is 656 g/mol. The fraction of sp³-hybridized carbons (Fsp3) is 0.316. The van der Waals surface area contributed by atoms with Gasteiger partial charge in [0.1, 0.15) is 23.0 Å². The number of pyridine rings is 2. The third-order valence-corrected chi connectivity index (χ3v) is 9.51. The summed E-state index contributed by atoms with van der Waals surface area (Å²) < 4.78 is 32.5. The van der Waals surface area contributed by atoms with Crippen LogP contribution in [0.15, 0.2) is 88.8 Å². The third kappa shape index (κ3) is 7.18. The average Bonchev–Trinajstić information content (AvgIpc) is 3.50. The number of halogens is 2. The number of hydrogen-bond acceptors (Lipinski definition) is 8. The largest absolute Gasteiger partial charge is 0.508 e. The Morgan fingerprint density at radius 3 is 2.59 bits per heavy atom. The van der Waals surface area contributed by atoms with Crippen molar-refractivity contribution in [1.29, 1.82) is 0 Å². The highest BCUT2D eigenvalue weighted by Crippen LogP contribution is 2.31. The maximum Gasteiger partial charge on any atom is 0.337 e. The number of nitrogens with one attached hydrogen (secondary N) is 1. The van der Waals surface area contributed by atoms with Crippen LogP contribution in [0.3, 0.4) is 0 Å². The molecule has 264 valence electrons. The van der Waals surface area contributed by atoms with Crippen molar-refractivity contribution in [1.82, 2.24) is 33.7 Å². The first-order chi connectivity index (χ1) is 24.5. The van der Waals surface area contributed by atoms with Gasteiger partial charge in [-0.15, -0.1) is 0 Å². The van der Waals surface area contributed by atoms with E-state index in [1.54, 1.807) is 53.9 Å². The second-order valence-corrected chi connectivity index (χ2v) is 13.5. The molecule has 0 saturated heterocycles. The molecule has 0 aliphatic heterocycles. The van der Waals surface area contributed by atoms with Gasteiger partial charge in [-0.2, -0.15) is 0 Å². The minimum atomic E-state index is -0.678. The van der Waals surface area contributed by atoms with E-state index in [0.717, 1.165) is 34.6 Å². The van der Waals surface area contributed by atoms with Gasteiger partial charge >= 0.3 is 5.69 Å². The zero-order valence-electron chi connectivity index (χ0n) is 28.3. The Bertz CT molecular complexity index is 2340. The number of aromatic nitrogens is 5. The molecule has 7 rings (SSSR count). The van der Waals surface area contributed by atoms with Crippen molar-refractivity contribution >= 4 is 16.7 Å². The lowest BCUT2D eigenvalue weighted by Gasteiger charge is -2.30. The Balaban J connectivity index is 1.19. The van der Waals surface area contributed by atoms with Gasteiger partial charge in [-0.05, 0) is 98.8 Å². The monoisotopic (exact) mass is 695 g/mol. The molecule has 1 atom stereocenters. The van der Waals surface area contributed by atoms with E-state index in [0.29, 0.717) is 56.7 Å². The van der Waals surface area contributed by atoms with E-state index in [2.05, 4.69) is 15.3 Å². The second kappa shape index (κ2) is 14.2. The van der Waals surface area contributed by atoms with Crippen molar-refractivity contribution in [2.75, 3.05) is 13.6 Å². The summed E-state index contributed by atoms with van der Waals surface area (Å²) >= 11 is 0. The lowest BCUT2D eigenvalue weighted by atomic mass is 9.91. The number of aliphatic hydroxyl groups is 1. The standard InChI is InChI=1S/C38H39F2N7O4/c1-23(48)19-44(2)20-25-15-32(49)11-12-33(25)24-4-3-5-31(14-24)46-36-34(16-27(40)17-42-36)37(50)47(38(46)51)30-9-7-28(8-10-30)41-18-29-22-45-21-26(39)6-13-35(45)43-29/h3-6,11-17,21-23,28,30,41,48-49H,7-10,18-20H2,1-2H3/t23-,28?,30?/m0/s1. The number of benzene rings is 2. The van der Waals surface area contributed by atoms with Gasteiger partial charge < -0.3 is 19.9 Å². The van der Waals surface area contributed by atoms with Crippen LogP contribution < -0.4 is 16.6 Å². The average molecular weight is 696 g/mol. The molecule has 3 N–H and O–H groups in total. The highest BCUT2D eigenvalue weighted by Gasteiger charge is 2.27. The fourth-order valence-electron chi connectivity index (χ4n) is 7.24. The van der Waals surface area contributed by atoms with Crippen molar-refractivity contribution in [3.63, 3.8) is 0 Å². The number of aromatic hydroxyl groups is 1. The maximum absolute atomic E-state index is 14.6. The number of fused-ring (bicyclic) bond motifs is 2. The molecule has 11 nitrogen and oxygen atoms in total. The Hall–Kier alpha value is -5.24. The quantitative estimate of drug-likeness (QED) is 0.184. The highest BCUT2D eigenvalue weighted by atomic mass is 19.1. The van der Waals surface area contributed by atoms with Crippen LogP contribution in [-0.4, -0.2) is 64.4 Å². The van der Waals surface area contributed by atoms with Crippen LogP contribution in [-0.2, 0) is 13.1 Å². The Labute approximate surface area is 292 Å². The molecule has 1 fully saturated rings. The lowest BCUT2D eigenvalue weighted by Crippen LogP contribution is -2.44. The van der Waals surface area contributed by atoms with E-state index < -0.39 is 29.2 Å². The number of phenolic OH excluding ortho intramolecular Hbond substituents is 1. The molecule has 51 heavy (non-hydrogen) atoms. The summed E-state index contributed by atoms with van der Waals surface area (Å²) in [5, 5.41) is 23.7. The molecule has 13 heteroatoms. The smallest absolute Gasteiger partial charge is 0.337 e. The van der Waals surface area contributed by atoms with Crippen LogP contribution in [0.5, 0.6) is 5.75 Å². The summed E-state index contributed by atoms with van der Waals surface area (Å²) in [6.45, 7) is 3.08. The molecule has 0 unspecified atom stereocenters. The zero-order valence-corrected chi connectivity index (χ0v) is 28.3. The first-order valence-electron chi connectivity index (χ1n) is 17.0. The first kappa shape index (κ1) is 34.2. The van der Waals surface area contributed by atoms with E-state index in [4.69, 9.17) is 0 Å². The van der Waals surface area contributed by atoms with Crippen LogP contribution >= 0.6 is 0 Å². The molecule has 0 bridgehead atoms. The summed E-state index contributed by atoms with van der Waals surface area (Å²) in [5.41, 5.74) is 3.21. The van der Waals surface area contributed by atoms with Gasteiger partial charge in [-0.3, -0.25) is 14.3 Å². The normalized spacial score (nSPS) is 17.1. The minimum absolute atomic E-state index is 0.00797. The Morgan fingerprint density at radius 2 is 1.80 bits per heavy atom. The van der Waals surface area contributed by atoms with E-state index in [-0.39, 0.29) is 28.6 Å². The summed E-state index contributed by atoms with van der Waals surface area (Å²) in [6.07, 6.45) is 6.12. The van der Waals surface area contributed by atoms with E-state index in [9.17, 15) is 28.6 Å². The lowest BCUT2D eigenvalue weighted by molar-refractivity contribution is 0.138. The van der Waals surface area contributed by atoms with Crippen molar-refractivity contribution in [2.45, 2.75) is 63.9 Å². The third-order valence-electron chi connectivity index (χ3n) is 9.51. The molecule has 6 aromatic rings. The van der Waals surface area contributed by atoms with Gasteiger partial charge in [0.2, 0.25) is 0 Å². The number of imidazole rings is 1. The number of likely N-dealkylation sites (N-methyl/N-ethyl adjacent to an activating group) is 1. The topological polar surface area (TPSA) is 130 Å². The molecule has 0 radical (unpaired) electrons. The number of rotatable bonds is 10. The molecule has 0 amide bonds. The van der Waals surface area contributed by atoms with Crippen LogP contribution in [0.4, 0.5) is 8.78 Å². The van der Waals surface area contributed by atoms with E-state index >= 15 is 0 Å². The molecule has 4 heterocycles. The van der Waals surface area contributed by atoms with Crippen molar-refractivity contribution in [3.8, 4) is 22.6 Å². The second-order valence-electron chi connectivity index (χ2n) is 13.5. The van der Waals surface area contributed by atoms with Crippen molar-refractivity contribution < 1.29 is 19.0 Å². The van der Waals surface area contributed by atoms with Gasteiger partial charge in [0.15, 0.2) is 5.65 Å². The van der Waals surface area contributed by atoms with Crippen LogP contribution in [0.25, 0.3) is 33.5 Å². The number of phenols is 1. The predicted octanol–water partition coefficient (Wildman–Crippen LogP) is 4.93. The van der Waals surface area contributed by atoms with Gasteiger partial charge in [0.05, 0.1) is 29.1 Å². The van der Waals surface area contributed by atoms with Gasteiger partial charge in [-0.1, -0.05) is 18.2 Å². The molecule has 2 aromatic carbocycles. The van der Waals surface area contributed by atoms with Crippen LogP contribution in [0.2, 0.25) is 0 Å². The van der Waals surface area contributed by atoms with Crippen molar-refractivity contribution in [3.05, 3.63) is 123 Å². The highest BCUT2D eigenvalue weighted by molar-refractivity contribution is 5.77. The Kier molecular flexibility index (Phi) is 9.51. The summed E-state index contributed by atoms with van der Waals surface area (Å²) in [4.78, 5) is 39.0. The van der Waals surface area contributed by atoms with Crippen LogP contribution in [0.1, 0.15) is 49.9 Å². The van der Waals surface area contributed by atoms with Gasteiger partial charge in [-0.25, -0.2) is 28.1 Å². The van der Waals surface area contributed by atoms with E-state index in [1.165, 1.54) is 21.4 Å². The molecule has 4 aromatic heterocycles. The molecule has 1 aliphatic rings. The predicted molar refractivity (Wildman–Crippen MR) is 190 cm³/mol. The van der Waals surface area contributed by atoms with Gasteiger partial charge in [0.25, 0.3) is 5.56 Å². The maximum atomic E-state index is 14.6. The van der Waals surface area contributed by atoms with Crippen molar-refractivity contribution in [2.24, 2.45) is 0 Å². The summed E-state index contributed by atoms with van der Waals surface area (Å²) in [6, 6.07) is 16.2. The van der Waals surface area contributed by atoms with Crippen LogP contribution in [0, 0.1) is 11.6 Å². The first-order valence-corrected chi connectivity index (χ1v) is 17.0. The number of nitrogens with zero attached hydrogens (tertiary/aromatic N) is 6. The molecule has 0 spiro atoms. The number of hydrogen-bond donors (Lipinski definition) is 3. The summed E-state index contributed by atoms with van der Waals surface area (Å²) in [7, 11) is 1.88. The molecule has 1 aliphatic carbocycles. The zero-order chi connectivity index (χ0) is 35.8. The number of aliphatic hydroxyl groups excluding tert-OH is 1. The molecule has 1 saturated carbocycles. The Morgan fingerprint density at radius 1 is 1.00 bits per heavy atom. The van der Waals surface area contributed by atoms with E-state index in [1.807, 2.05) is 24.1 Å². The molecular formula is C38H39F2N7O4. The SMILES string of the molecule is C[C@H](O)CN(C)Cc1cc(O)ccc1-c1cccc(-n2c(=O)n(C3CCC(NCc4cn5cc(F)ccc5n4)CC3)c(=O)c3cc(F)cnc32)c1. The minimum Gasteiger partial charge on any atom is -0.508 e. The van der Waals surface area contributed by atoms with Gasteiger partial charge in [0, 0.05) is 44.1 Å². The fourth-order valence-corrected chi connectivity index (χ4v) is 7.24. The summed E-state index contributed by atoms with van der Waals surface area (Å²) in [5.74, 6) is -0.915.